The highest BCUT2D eigenvalue weighted by Gasteiger charge is 2.50. The summed E-state index contributed by atoms with van der Waals surface area (Å²) in [5.74, 6) is -1.07. The Balaban J connectivity index is 2.10. The smallest absolute Gasteiger partial charge is 0.263 e. The molecule has 0 bridgehead atoms. The molecule has 0 saturated heterocycles. The number of nitrogens with one attached hydrogen (secondary N) is 1. The Morgan fingerprint density at radius 1 is 1.27 bits per heavy atom. The van der Waals surface area contributed by atoms with Gasteiger partial charge in [0.2, 0.25) is 5.91 Å². The van der Waals surface area contributed by atoms with Gasteiger partial charge < -0.3 is 14.8 Å². The maximum absolute atomic E-state index is 13.5. The van der Waals surface area contributed by atoms with E-state index in [1.807, 2.05) is 6.92 Å². The van der Waals surface area contributed by atoms with E-state index in [0.717, 1.165) is 11.2 Å². The van der Waals surface area contributed by atoms with Crippen molar-refractivity contribution < 1.29 is 32.3 Å². The highest BCUT2D eigenvalue weighted by atomic mass is 32.2. The summed E-state index contributed by atoms with van der Waals surface area (Å²) in [5.41, 5.74) is -0.569. The summed E-state index contributed by atoms with van der Waals surface area (Å²) >= 11 is 0. The first-order chi connectivity index (χ1) is 15.4. The van der Waals surface area contributed by atoms with E-state index in [9.17, 15) is 22.8 Å². The average molecular weight is 477 g/mol. The van der Waals surface area contributed by atoms with Crippen LogP contribution in [0, 0.1) is 5.41 Å². The number of fused-ring (bicyclic) bond motifs is 1. The van der Waals surface area contributed by atoms with Crippen molar-refractivity contribution in [2.45, 2.75) is 33.2 Å². The Morgan fingerprint density at radius 3 is 2.55 bits per heavy atom. The zero-order valence-corrected chi connectivity index (χ0v) is 20.1. The standard InChI is InChI=1S/C23H28N2O7S/c1-6-32-18-12-23(3,11-10-17(18)31-4)19(13-33(5,29)30)25-21(27)15-8-7-9-16(24-14(2)26)20(15)22(25)28/h7-11,19H,6,12-13H2,1-5H3,(H,24,26)/t19-,23?/m1/s1. The van der Waals surface area contributed by atoms with Gasteiger partial charge in [0.15, 0.2) is 5.76 Å². The highest BCUT2D eigenvalue weighted by molar-refractivity contribution is 7.90. The van der Waals surface area contributed by atoms with E-state index in [1.165, 1.54) is 26.2 Å². The van der Waals surface area contributed by atoms with E-state index in [2.05, 4.69) is 5.32 Å². The summed E-state index contributed by atoms with van der Waals surface area (Å²) in [5, 5.41) is 2.58. The van der Waals surface area contributed by atoms with Crippen LogP contribution in [-0.4, -0.2) is 62.8 Å². The van der Waals surface area contributed by atoms with Gasteiger partial charge in [-0.15, -0.1) is 0 Å². The van der Waals surface area contributed by atoms with Gasteiger partial charge in [-0.3, -0.25) is 19.3 Å². The molecule has 1 unspecified atom stereocenters. The van der Waals surface area contributed by atoms with Crippen LogP contribution in [0.5, 0.6) is 0 Å². The van der Waals surface area contributed by atoms with Gasteiger partial charge >= 0.3 is 0 Å². The van der Waals surface area contributed by atoms with Gasteiger partial charge in [-0.1, -0.05) is 19.1 Å². The summed E-state index contributed by atoms with van der Waals surface area (Å²) < 4.78 is 35.9. The van der Waals surface area contributed by atoms with Gasteiger partial charge in [-0.05, 0) is 25.1 Å². The summed E-state index contributed by atoms with van der Waals surface area (Å²) in [6.07, 6.45) is 4.72. The minimum Gasteiger partial charge on any atom is -0.494 e. The number of amides is 3. The normalized spacial score (nSPS) is 21.2. The third kappa shape index (κ3) is 4.80. The summed E-state index contributed by atoms with van der Waals surface area (Å²) in [4.78, 5) is 39.5. The Labute approximate surface area is 193 Å². The minimum absolute atomic E-state index is 0.0535. The number of methoxy groups -OCH3 is 1. The highest BCUT2D eigenvalue weighted by Crippen LogP contribution is 2.43. The molecule has 0 aromatic heterocycles. The molecule has 1 heterocycles. The third-order valence-corrected chi connectivity index (χ3v) is 6.68. The number of hydrogen-bond acceptors (Lipinski definition) is 7. The molecule has 10 heteroatoms. The van der Waals surface area contributed by atoms with Crippen LogP contribution in [0.25, 0.3) is 0 Å². The van der Waals surface area contributed by atoms with E-state index in [0.29, 0.717) is 18.1 Å². The second-order valence-electron chi connectivity index (χ2n) is 8.44. The van der Waals surface area contributed by atoms with E-state index in [1.54, 1.807) is 25.1 Å². The molecule has 1 aromatic carbocycles. The van der Waals surface area contributed by atoms with Crippen molar-refractivity contribution in [3.05, 3.63) is 53.0 Å². The van der Waals surface area contributed by atoms with Crippen LogP contribution >= 0.6 is 0 Å². The second kappa shape index (κ2) is 9.01. The number of allylic oxidation sites excluding steroid dienone is 2. The van der Waals surface area contributed by atoms with E-state index in [-0.39, 0.29) is 23.2 Å². The molecule has 0 radical (unpaired) electrons. The Bertz CT molecular complexity index is 1170. The zero-order chi connectivity index (χ0) is 24.6. The van der Waals surface area contributed by atoms with Gasteiger partial charge in [0.25, 0.3) is 11.8 Å². The van der Waals surface area contributed by atoms with Crippen molar-refractivity contribution in [1.82, 2.24) is 4.90 Å². The number of hydrogen-bond donors (Lipinski definition) is 1. The Kier molecular flexibility index (Phi) is 6.69. The van der Waals surface area contributed by atoms with Crippen LogP contribution in [0.3, 0.4) is 0 Å². The van der Waals surface area contributed by atoms with E-state index < -0.39 is 44.8 Å². The quantitative estimate of drug-likeness (QED) is 0.573. The lowest BCUT2D eigenvalue weighted by Gasteiger charge is -2.41. The number of anilines is 1. The molecule has 0 spiro atoms. The fraction of sp³-hybridized carbons (Fsp3) is 0.435. The number of ether oxygens (including phenoxy) is 2. The van der Waals surface area contributed by atoms with Crippen LogP contribution in [-0.2, 0) is 24.1 Å². The number of carbonyl (C=O) groups excluding carboxylic acids is 3. The molecule has 9 nitrogen and oxygen atoms in total. The van der Waals surface area contributed by atoms with Crippen molar-refractivity contribution in [3.8, 4) is 0 Å². The number of sulfone groups is 1. The lowest BCUT2D eigenvalue weighted by Crippen LogP contribution is -2.53. The van der Waals surface area contributed by atoms with Gasteiger partial charge in [-0.25, -0.2) is 8.42 Å². The first kappa shape index (κ1) is 24.5. The molecule has 1 aliphatic carbocycles. The second-order valence-corrected chi connectivity index (χ2v) is 10.6. The van der Waals surface area contributed by atoms with Crippen molar-refractivity contribution in [1.29, 1.82) is 0 Å². The summed E-state index contributed by atoms with van der Waals surface area (Å²) in [7, 11) is -2.10. The number of rotatable bonds is 8. The fourth-order valence-corrected chi connectivity index (χ4v) is 5.39. The van der Waals surface area contributed by atoms with Crippen molar-refractivity contribution >= 4 is 33.2 Å². The molecule has 0 fully saturated rings. The van der Waals surface area contributed by atoms with Crippen LogP contribution in [0.1, 0.15) is 47.9 Å². The molecular weight excluding hydrogens is 448 g/mol. The molecule has 2 aliphatic rings. The average Bonchev–Trinajstić information content (AvgIpc) is 2.97. The molecule has 1 aromatic rings. The van der Waals surface area contributed by atoms with Crippen LogP contribution in [0.2, 0.25) is 0 Å². The maximum atomic E-state index is 13.5. The summed E-state index contributed by atoms with van der Waals surface area (Å²) in [6.45, 7) is 5.27. The van der Waals surface area contributed by atoms with Gasteiger partial charge in [0, 0.05) is 25.0 Å². The first-order valence-corrected chi connectivity index (χ1v) is 12.5. The van der Waals surface area contributed by atoms with Gasteiger partial charge in [0.1, 0.15) is 15.6 Å². The molecule has 2 atom stereocenters. The molecule has 3 rings (SSSR count). The summed E-state index contributed by atoms with van der Waals surface area (Å²) in [6, 6.07) is 3.57. The maximum Gasteiger partial charge on any atom is 0.263 e. The number of nitrogens with zero attached hydrogens (tertiary/aromatic N) is 1. The molecule has 33 heavy (non-hydrogen) atoms. The first-order valence-electron chi connectivity index (χ1n) is 10.5. The van der Waals surface area contributed by atoms with Crippen molar-refractivity contribution in [3.63, 3.8) is 0 Å². The monoisotopic (exact) mass is 476 g/mol. The number of carbonyl (C=O) groups is 3. The molecule has 0 saturated carbocycles. The van der Waals surface area contributed by atoms with Crippen molar-refractivity contribution in [2.75, 3.05) is 31.0 Å². The molecule has 3 amide bonds. The SMILES string of the molecule is CCOC1=C(OC)C=CC(C)([C@@H](CS(C)(=O)=O)N2C(=O)c3cccc(NC(C)=O)c3C2=O)C1. The fourth-order valence-electron chi connectivity index (χ4n) is 4.29. The van der Waals surface area contributed by atoms with Crippen LogP contribution in [0.15, 0.2) is 41.9 Å². The van der Waals surface area contributed by atoms with E-state index in [4.69, 9.17) is 9.47 Å². The van der Waals surface area contributed by atoms with Crippen molar-refractivity contribution in [2.24, 2.45) is 5.41 Å². The largest absolute Gasteiger partial charge is 0.494 e. The van der Waals surface area contributed by atoms with E-state index >= 15 is 0 Å². The molecular formula is C23H28N2O7S. The zero-order valence-electron chi connectivity index (χ0n) is 19.3. The predicted octanol–water partition coefficient (Wildman–Crippen LogP) is 2.51. The molecule has 1 N–H and O–H groups in total. The Hall–Kier alpha value is -3.14. The Morgan fingerprint density at radius 2 is 1.97 bits per heavy atom. The lowest BCUT2D eigenvalue weighted by atomic mass is 9.75. The third-order valence-electron chi connectivity index (χ3n) is 5.76. The number of imide groups is 1. The predicted molar refractivity (Wildman–Crippen MR) is 122 cm³/mol. The molecule has 1 aliphatic heterocycles. The van der Waals surface area contributed by atoms with Crippen LogP contribution < -0.4 is 5.32 Å². The van der Waals surface area contributed by atoms with Gasteiger partial charge in [-0.2, -0.15) is 0 Å². The van der Waals surface area contributed by atoms with Gasteiger partial charge in [0.05, 0.1) is 42.3 Å². The number of benzene rings is 1. The van der Waals surface area contributed by atoms with Crippen LogP contribution in [0.4, 0.5) is 5.69 Å². The molecule has 178 valence electrons. The lowest BCUT2D eigenvalue weighted by molar-refractivity contribution is -0.114. The topological polar surface area (TPSA) is 119 Å². The minimum atomic E-state index is -3.60.